The quantitative estimate of drug-likeness (QED) is 0.937. The van der Waals surface area contributed by atoms with Gasteiger partial charge in [-0.3, -0.25) is 0 Å². The van der Waals surface area contributed by atoms with E-state index in [4.69, 9.17) is 5.11 Å². The molecular formula is C12H11BrFN3O2. The molecule has 0 amide bonds. The highest BCUT2D eigenvalue weighted by molar-refractivity contribution is 9.10. The molecule has 2 rings (SSSR count). The summed E-state index contributed by atoms with van der Waals surface area (Å²) in [5, 5.41) is 16.4. The van der Waals surface area contributed by atoms with Gasteiger partial charge in [-0.05, 0) is 24.6 Å². The first kappa shape index (κ1) is 13.7. The van der Waals surface area contributed by atoms with E-state index in [1.54, 1.807) is 6.07 Å². The van der Waals surface area contributed by atoms with Gasteiger partial charge in [-0.2, -0.15) is 0 Å². The minimum absolute atomic E-state index is 0.135. The molecule has 19 heavy (non-hydrogen) atoms. The van der Waals surface area contributed by atoms with Crippen LogP contribution in [0.4, 0.5) is 4.39 Å². The molecule has 0 unspecified atom stereocenters. The fraction of sp³-hybridized carbons (Fsp3) is 0.250. The average molecular weight is 328 g/mol. The van der Waals surface area contributed by atoms with Gasteiger partial charge in [0, 0.05) is 4.47 Å². The van der Waals surface area contributed by atoms with Gasteiger partial charge in [0.05, 0.1) is 5.69 Å². The minimum Gasteiger partial charge on any atom is -0.476 e. The summed E-state index contributed by atoms with van der Waals surface area (Å²) in [6.07, 6.45) is 1.18. The molecule has 0 aliphatic carbocycles. The van der Waals surface area contributed by atoms with Gasteiger partial charge in [-0.25, -0.2) is 13.9 Å². The maximum Gasteiger partial charge on any atom is 0.358 e. The summed E-state index contributed by atoms with van der Waals surface area (Å²) in [6.45, 7) is 1.90. The Balaban J connectivity index is 2.58. The third-order valence-corrected chi connectivity index (χ3v) is 3.08. The van der Waals surface area contributed by atoms with Crippen LogP contribution in [-0.2, 0) is 6.42 Å². The number of carbonyl (C=O) groups is 1. The number of hydrogen-bond donors (Lipinski definition) is 1. The Morgan fingerprint density at radius 3 is 2.84 bits per heavy atom. The van der Waals surface area contributed by atoms with E-state index < -0.39 is 11.8 Å². The maximum atomic E-state index is 13.9. The molecule has 0 aliphatic heterocycles. The monoisotopic (exact) mass is 327 g/mol. The summed E-state index contributed by atoms with van der Waals surface area (Å²) >= 11 is 3.17. The normalized spacial score (nSPS) is 10.7. The molecule has 0 saturated heterocycles. The largest absolute Gasteiger partial charge is 0.476 e. The molecule has 1 N–H and O–H groups in total. The molecule has 0 atom stereocenters. The van der Waals surface area contributed by atoms with Crippen molar-refractivity contribution < 1.29 is 14.3 Å². The van der Waals surface area contributed by atoms with E-state index >= 15 is 0 Å². The Morgan fingerprint density at radius 1 is 1.53 bits per heavy atom. The van der Waals surface area contributed by atoms with Crippen molar-refractivity contribution in [1.29, 1.82) is 0 Å². The lowest BCUT2D eigenvalue weighted by atomic mass is 10.2. The molecule has 0 aliphatic rings. The maximum absolute atomic E-state index is 13.9. The Bertz CT molecular complexity index is 627. The zero-order chi connectivity index (χ0) is 14.0. The lowest BCUT2D eigenvalue weighted by Crippen LogP contribution is -2.08. The Morgan fingerprint density at radius 2 is 2.26 bits per heavy atom. The average Bonchev–Trinajstić information content (AvgIpc) is 2.73. The van der Waals surface area contributed by atoms with E-state index in [-0.39, 0.29) is 11.4 Å². The van der Waals surface area contributed by atoms with Gasteiger partial charge >= 0.3 is 5.97 Å². The second kappa shape index (κ2) is 5.48. The molecule has 5 nitrogen and oxygen atoms in total. The van der Waals surface area contributed by atoms with Crippen LogP contribution < -0.4 is 0 Å². The van der Waals surface area contributed by atoms with E-state index in [1.165, 1.54) is 16.8 Å². The molecule has 0 saturated carbocycles. The van der Waals surface area contributed by atoms with Gasteiger partial charge in [0.1, 0.15) is 11.5 Å². The van der Waals surface area contributed by atoms with Gasteiger partial charge in [-0.1, -0.05) is 34.5 Å². The van der Waals surface area contributed by atoms with Crippen molar-refractivity contribution in [3.63, 3.8) is 0 Å². The van der Waals surface area contributed by atoms with Crippen LogP contribution in [-0.4, -0.2) is 26.1 Å². The highest BCUT2D eigenvalue weighted by Gasteiger charge is 2.20. The Kier molecular flexibility index (Phi) is 3.94. The number of aromatic carboxylic acids is 1. The molecule has 0 bridgehead atoms. The molecule has 2 aromatic rings. The van der Waals surface area contributed by atoms with Gasteiger partial charge < -0.3 is 5.11 Å². The van der Waals surface area contributed by atoms with Crippen molar-refractivity contribution in [3.8, 4) is 5.69 Å². The SMILES string of the molecule is CCCc1c(C(=O)O)nnn1-c1ccc(Br)cc1F. The molecule has 7 heteroatoms. The number of nitrogens with zero attached hydrogens (tertiary/aromatic N) is 3. The summed E-state index contributed by atoms with van der Waals surface area (Å²) in [5.41, 5.74) is 0.451. The number of carboxylic acids is 1. The van der Waals surface area contributed by atoms with E-state index in [9.17, 15) is 9.18 Å². The summed E-state index contributed by atoms with van der Waals surface area (Å²) in [7, 11) is 0. The van der Waals surface area contributed by atoms with Crippen LogP contribution in [0, 0.1) is 5.82 Å². The van der Waals surface area contributed by atoms with Crippen molar-refractivity contribution in [3.05, 3.63) is 39.9 Å². The number of hydrogen-bond acceptors (Lipinski definition) is 3. The molecule has 1 aromatic carbocycles. The highest BCUT2D eigenvalue weighted by atomic mass is 79.9. The van der Waals surface area contributed by atoms with Crippen LogP contribution in [0.25, 0.3) is 5.69 Å². The number of benzene rings is 1. The zero-order valence-electron chi connectivity index (χ0n) is 10.1. The third kappa shape index (κ3) is 2.65. The summed E-state index contributed by atoms with van der Waals surface area (Å²) < 4.78 is 15.7. The van der Waals surface area contributed by atoms with E-state index in [0.717, 1.165) is 0 Å². The van der Waals surface area contributed by atoms with Crippen LogP contribution in [0.2, 0.25) is 0 Å². The lowest BCUT2D eigenvalue weighted by Gasteiger charge is -2.07. The Labute approximate surface area is 117 Å². The van der Waals surface area contributed by atoms with Crippen LogP contribution in [0.5, 0.6) is 0 Å². The fourth-order valence-electron chi connectivity index (χ4n) is 1.78. The van der Waals surface area contributed by atoms with Crippen LogP contribution in [0.15, 0.2) is 22.7 Å². The highest BCUT2D eigenvalue weighted by Crippen LogP contribution is 2.21. The zero-order valence-corrected chi connectivity index (χ0v) is 11.7. The van der Waals surface area contributed by atoms with Crippen LogP contribution in [0.3, 0.4) is 0 Å². The molecule has 1 aromatic heterocycles. The first-order valence-corrected chi connectivity index (χ1v) is 6.47. The van der Waals surface area contributed by atoms with Crippen molar-refractivity contribution in [1.82, 2.24) is 15.0 Å². The van der Waals surface area contributed by atoms with Gasteiger partial charge in [0.25, 0.3) is 0 Å². The second-order valence-corrected chi connectivity index (χ2v) is 4.86. The smallest absolute Gasteiger partial charge is 0.358 e. The van der Waals surface area contributed by atoms with E-state index in [1.807, 2.05) is 6.92 Å². The minimum atomic E-state index is -1.16. The van der Waals surface area contributed by atoms with Crippen LogP contribution >= 0.6 is 15.9 Å². The molecular weight excluding hydrogens is 317 g/mol. The molecule has 1 heterocycles. The summed E-state index contributed by atoms with van der Waals surface area (Å²) in [5.74, 6) is -1.65. The van der Waals surface area contributed by atoms with Crippen LogP contribution in [0.1, 0.15) is 29.5 Å². The van der Waals surface area contributed by atoms with Crippen molar-refractivity contribution in [2.75, 3.05) is 0 Å². The first-order chi connectivity index (χ1) is 9.04. The molecule has 0 radical (unpaired) electrons. The van der Waals surface area contributed by atoms with Crippen molar-refractivity contribution >= 4 is 21.9 Å². The lowest BCUT2D eigenvalue weighted by molar-refractivity contribution is 0.0689. The predicted octanol–water partition coefficient (Wildman–Crippen LogP) is 2.82. The van der Waals surface area contributed by atoms with Gasteiger partial charge in [0.15, 0.2) is 5.69 Å². The number of aromatic nitrogens is 3. The van der Waals surface area contributed by atoms with E-state index in [2.05, 4.69) is 26.2 Å². The Hall–Kier alpha value is -1.76. The number of rotatable bonds is 4. The van der Waals surface area contributed by atoms with E-state index in [0.29, 0.717) is 23.0 Å². The fourth-order valence-corrected chi connectivity index (χ4v) is 2.11. The van der Waals surface area contributed by atoms with Gasteiger partial charge in [0.2, 0.25) is 0 Å². The predicted molar refractivity (Wildman–Crippen MR) is 70.0 cm³/mol. The second-order valence-electron chi connectivity index (χ2n) is 3.95. The van der Waals surface area contributed by atoms with Crippen molar-refractivity contribution in [2.45, 2.75) is 19.8 Å². The first-order valence-electron chi connectivity index (χ1n) is 5.68. The standard InChI is InChI=1S/C12H11BrFN3O2/c1-2-3-10-11(12(18)19)15-16-17(10)9-5-4-7(13)6-8(9)14/h4-6H,2-3H2,1H3,(H,18,19). The summed E-state index contributed by atoms with van der Waals surface area (Å²) in [4.78, 5) is 11.1. The number of halogens is 2. The topological polar surface area (TPSA) is 68.0 Å². The molecule has 100 valence electrons. The number of carboxylic acid groups (broad SMARTS) is 1. The molecule has 0 spiro atoms. The third-order valence-electron chi connectivity index (χ3n) is 2.59. The summed E-state index contributed by atoms with van der Waals surface area (Å²) in [6, 6.07) is 4.49. The molecule has 0 fully saturated rings. The van der Waals surface area contributed by atoms with Crippen molar-refractivity contribution in [2.24, 2.45) is 0 Å². The van der Waals surface area contributed by atoms with Gasteiger partial charge in [-0.15, -0.1) is 5.10 Å².